The zero-order chi connectivity index (χ0) is 12.8. The summed E-state index contributed by atoms with van der Waals surface area (Å²) < 4.78 is 4.14. The molecule has 1 aromatic carbocycles. The number of aromatic nitrogens is 4. The van der Waals surface area contributed by atoms with Gasteiger partial charge < -0.3 is 9.88 Å². The molecule has 4 rings (SSSR count). The molecule has 0 saturated heterocycles. The van der Waals surface area contributed by atoms with Crippen LogP contribution in [0, 0.1) is 0 Å². The molecule has 5 nitrogen and oxygen atoms in total. The van der Waals surface area contributed by atoms with E-state index in [0.717, 1.165) is 24.4 Å². The molecule has 0 fully saturated rings. The molecule has 96 valence electrons. The van der Waals surface area contributed by atoms with Crippen molar-refractivity contribution < 1.29 is 0 Å². The van der Waals surface area contributed by atoms with E-state index in [9.17, 15) is 0 Å². The summed E-state index contributed by atoms with van der Waals surface area (Å²) in [5.41, 5.74) is 3.47. The van der Waals surface area contributed by atoms with Crippen molar-refractivity contribution in [1.82, 2.24) is 19.3 Å². The van der Waals surface area contributed by atoms with Crippen LogP contribution in [0.5, 0.6) is 0 Å². The van der Waals surface area contributed by atoms with Crippen molar-refractivity contribution in [2.75, 3.05) is 11.9 Å². The lowest BCUT2D eigenvalue weighted by molar-refractivity contribution is 0.543. The Hall–Kier alpha value is -2.30. The molecular formula is C14H15N5. The van der Waals surface area contributed by atoms with Crippen molar-refractivity contribution in [3.63, 3.8) is 0 Å². The van der Waals surface area contributed by atoms with Crippen molar-refractivity contribution in [2.45, 2.75) is 12.5 Å². The van der Waals surface area contributed by atoms with Crippen molar-refractivity contribution in [3.05, 3.63) is 42.2 Å². The van der Waals surface area contributed by atoms with Crippen LogP contribution < -0.4 is 5.32 Å². The molecule has 0 bridgehead atoms. The number of fused-ring (bicyclic) bond motifs is 3. The maximum absolute atomic E-state index is 4.66. The number of anilines is 1. The van der Waals surface area contributed by atoms with Gasteiger partial charge in [-0.3, -0.25) is 4.68 Å². The van der Waals surface area contributed by atoms with Gasteiger partial charge >= 0.3 is 0 Å². The summed E-state index contributed by atoms with van der Waals surface area (Å²) in [6, 6.07) is 8.59. The summed E-state index contributed by atoms with van der Waals surface area (Å²) in [7, 11) is 1.96. The average molecular weight is 253 g/mol. The van der Waals surface area contributed by atoms with E-state index in [1.807, 2.05) is 24.0 Å². The Labute approximate surface area is 110 Å². The first-order chi connectivity index (χ1) is 9.33. The van der Waals surface area contributed by atoms with E-state index in [1.165, 1.54) is 11.1 Å². The topological polar surface area (TPSA) is 47.7 Å². The molecule has 3 heterocycles. The van der Waals surface area contributed by atoms with Crippen LogP contribution in [0.1, 0.15) is 18.0 Å². The molecule has 1 aliphatic heterocycles. The first-order valence-corrected chi connectivity index (χ1v) is 6.52. The molecule has 19 heavy (non-hydrogen) atoms. The number of hydrogen-bond donors (Lipinski definition) is 1. The van der Waals surface area contributed by atoms with Crippen LogP contribution in [0.25, 0.3) is 11.0 Å². The Morgan fingerprint density at radius 1 is 1.32 bits per heavy atom. The van der Waals surface area contributed by atoms with Gasteiger partial charge in [0, 0.05) is 25.4 Å². The van der Waals surface area contributed by atoms with Gasteiger partial charge in [0.2, 0.25) is 5.95 Å². The minimum atomic E-state index is 0.317. The number of imidazole rings is 1. The van der Waals surface area contributed by atoms with E-state index in [-0.39, 0.29) is 0 Å². The largest absolute Gasteiger partial charge is 0.356 e. The predicted molar refractivity (Wildman–Crippen MR) is 74.2 cm³/mol. The lowest BCUT2D eigenvalue weighted by atomic mass is 10.1. The highest BCUT2D eigenvalue weighted by molar-refractivity contribution is 5.79. The third kappa shape index (κ3) is 1.54. The van der Waals surface area contributed by atoms with Gasteiger partial charge in [0.25, 0.3) is 0 Å². The molecule has 2 aromatic heterocycles. The molecular weight excluding hydrogens is 238 g/mol. The maximum Gasteiger partial charge on any atom is 0.204 e. The molecule has 1 N–H and O–H groups in total. The monoisotopic (exact) mass is 253 g/mol. The van der Waals surface area contributed by atoms with Crippen molar-refractivity contribution in [1.29, 1.82) is 0 Å². The number of nitrogens with zero attached hydrogens (tertiary/aromatic N) is 4. The summed E-state index contributed by atoms with van der Waals surface area (Å²) in [6.07, 6.45) is 5.10. The quantitative estimate of drug-likeness (QED) is 0.723. The van der Waals surface area contributed by atoms with Crippen LogP contribution >= 0.6 is 0 Å². The van der Waals surface area contributed by atoms with E-state index < -0.39 is 0 Å². The van der Waals surface area contributed by atoms with Crippen molar-refractivity contribution in [2.24, 2.45) is 7.05 Å². The third-order valence-corrected chi connectivity index (χ3v) is 3.72. The number of hydrogen-bond acceptors (Lipinski definition) is 3. The van der Waals surface area contributed by atoms with Gasteiger partial charge in [0.1, 0.15) is 0 Å². The minimum Gasteiger partial charge on any atom is -0.356 e. The second-order valence-corrected chi connectivity index (χ2v) is 4.97. The van der Waals surface area contributed by atoms with E-state index in [0.29, 0.717) is 6.04 Å². The standard InChI is InChI=1S/C14H15N5/c1-18-9-10(8-16-18)12-6-7-15-14-17-11-4-2-3-5-13(11)19(12)14/h2-5,8-9,12H,6-7H2,1H3,(H,15,17). The summed E-state index contributed by atoms with van der Waals surface area (Å²) in [6.45, 7) is 0.947. The van der Waals surface area contributed by atoms with Gasteiger partial charge in [-0.25, -0.2) is 4.98 Å². The summed E-state index contributed by atoms with van der Waals surface area (Å²) in [4.78, 5) is 4.66. The normalized spacial score (nSPS) is 18.3. The second-order valence-electron chi connectivity index (χ2n) is 4.97. The molecule has 0 spiro atoms. The number of para-hydroxylation sites is 2. The fraction of sp³-hybridized carbons (Fsp3) is 0.286. The fourth-order valence-electron chi connectivity index (χ4n) is 2.86. The Morgan fingerprint density at radius 2 is 2.21 bits per heavy atom. The van der Waals surface area contributed by atoms with Gasteiger partial charge in [-0.05, 0) is 18.6 Å². The molecule has 5 heteroatoms. The first kappa shape index (κ1) is 10.6. The summed E-state index contributed by atoms with van der Waals surface area (Å²) in [5, 5.41) is 7.67. The Balaban J connectivity index is 1.94. The molecule has 0 radical (unpaired) electrons. The van der Waals surface area contributed by atoms with E-state index >= 15 is 0 Å². The summed E-state index contributed by atoms with van der Waals surface area (Å²) in [5.74, 6) is 0.960. The van der Waals surface area contributed by atoms with Gasteiger partial charge in [-0.15, -0.1) is 0 Å². The predicted octanol–water partition coefficient (Wildman–Crippen LogP) is 2.17. The smallest absolute Gasteiger partial charge is 0.204 e. The molecule has 0 saturated carbocycles. The van der Waals surface area contributed by atoms with Crippen molar-refractivity contribution in [3.8, 4) is 0 Å². The van der Waals surface area contributed by atoms with E-state index in [2.05, 4.69) is 44.4 Å². The average Bonchev–Trinajstić information content (AvgIpc) is 3.01. The lowest BCUT2D eigenvalue weighted by Gasteiger charge is -2.26. The van der Waals surface area contributed by atoms with E-state index in [4.69, 9.17) is 0 Å². The third-order valence-electron chi connectivity index (χ3n) is 3.72. The zero-order valence-corrected chi connectivity index (χ0v) is 10.7. The second kappa shape index (κ2) is 3.85. The van der Waals surface area contributed by atoms with Crippen LogP contribution in [0.15, 0.2) is 36.7 Å². The highest BCUT2D eigenvalue weighted by Gasteiger charge is 2.25. The van der Waals surface area contributed by atoms with Crippen LogP contribution in [0.2, 0.25) is 0 Å². The molecule has 0 aliphatic carbocycles. The first-order valence-electron chi connectivity index (χ1n) is 6.52. The van der Waals surface area contributed by atoms with Crippen LogP contribution in [-0.4, -0.2) is 25.9 Å². The summed E-state index contributed by atoms with van der Waals surface area (Å²) >= 11 is 0. The number of rotatable bonds is 1. The molecule has 3 aromatic rings. The van der Waals surface area contributed by atoms with Crippen LogP contribution in [0.4, 0.5) is 5.95 Å². The molecule has 1 aliphatic rings. The van der Waals surface area contributed by atoms with Crippen LogP contribution in [-0.2, 0) is 7.05 Å². The molecule has 1 atom stereocenters. The highest BCUT2D eigenvalue weighted by atomic mass is 15.3. The maximum atomic E-state index is 4.66. The Bertz CT molecular complexity index is 739. The SMILES string of the molecule is Cn1cc(C2CCNc3nc4ccccc4n32)cn1. The van der Waals surface area contributed by atoms with Gasteiger partial charge in [0.15, 0.2) is 0 Å². The zero-order valence-electron chi connectivity index (χ0n) is 10.7. The highest BCUT2D eigenvalue weighted by Crippen LogP contribution is 2.33. The van der Waals surface area contributed by atoms with E-state index in [1.54, 1.807) is 0 Å². The minimum absolute atomic E-state index is 0.317. The van der Waals surface area contributed by atoms with Gasteiger partial charge in [0.05, 0.1) is 23.3 Å². The number of benzene rings is 1. The lowest BCUT2D eigenvalue weighted by Crippen LogP contribution is -2.23. The molecule has 1 unspecified atom stereocenters. The van der Waals surface area contributed by atoms with Crippen LogP contribution in [0.3, 0.4) is 0 Å². The van der Waals surface area contributed by atoms with Gasteiger partial charge in [-0.1, -0.05) is 12.1 Å². The Kier molecular flexibility index (Phi) is 2.15. The fourth-order valence-corrected chi connectivity index (χ4v) is 2.86. The van der Waals surface area contributed by atoms with Gasteiger partial charge in [-0.2, -0.15) is 5.10 Å². The van der Waals surface area contributed by atoms with Crippen molar-refractivity contribution >= 4 is 17.0 Å². The Morgan fingerprint density at radius 3 is 3.05 bits per heavy atom. The number of nitrogens with one attached hydrogen (secondary N) is 1. The number of aryl methyl sites for hydroxylation is 1. The molecule has 0 amide bonds.